The lowest BCUT2D eigenvalue weighted by molar-refractivity contribution is 0.0947. The highest BCUT2D eigenvalue weighted by Crippen LogP contribution is 2.19. The van der Waals surface area contributed by atoms with Crippen molar-refractivity contribution in [1.29, 1.82) is 0 Å². The summed E-state index contributed by atoms with van der Waals surface area (Å²) in [5, 5.41) is 10.2. The van der Waals surface area contributed by atoms with Crippen LogP contribution in [0, 0.1) is 13.8 Å². The highest BCUT2D eigenvalue weighted by molar-refractivity contribution is 7.16. The van der Waals surface area contributed by atoms with E-state index in [-0.39, 0.29) is 5.91 Å². The van der Waals surface area contributed by atoms with Crippen LogP contribution in [0.25, 0.3) is 15.7 Å². The average molecular weight is 337 g/mol. The Hall–Kier alpha value is -2.80. The number of aromatic nitrogens is 4. The van der Waals surface area contributed by atoms with Gasteiger partial charge in [-0.3, -0.25) is 9.78 Å². The molecule has 0 atom stereocenters. The van der Waals surface area contributed by atoms with Gasteiger partial charge in [0.15, 0.2) is 0 Å². The molecule has 6 nitrogen and oxygen atoms in total. The number of hydrogen-bond acceptors (Lipinski definition) is 5. The van der Waals surface area contributed by atoms with Crippen LogP contribution in [0.5, 0.6) is 0 Å². The highest BCUT2D eigenvalue weighted by atomic mass is 32.1. The number of benzene rings is 1. The first kappa shape index (κ1) is 14.8. The van der Waals surface area contributed by atoms with Crippen LogP contribution in [0.2, 0.25) is 0 Å². The van der Waals surface area contributed by atoms with Crippen molar-refractivity contribution < 1.29 is 4.79 Å². The van der Waals surface area contributed by atoms with Gasteiger partial charge in [-0.1, -0.05) is 35.6 Å². The number of imidazole rings is 1. The van der Waals surface area contributed by atoms with Crippen LogP contribution in [0.3, 0.4) is 0 Å². The lowest BCUT2D eigenvalue weighted by Crippen LogP contribution is -2.25. The van der Waals surface area contributed by atoms with Gasteiger partial charge in [0.25, 0.3) is 5.91 Å². The first-order valence-corrected chi connectivity index (χ1v) is 8.39. The molecule has 0 spiro atoms. The molecule has 0 aliphatic rings. The Balaban J connectivity index is 1.63. The molecule has 0 aliphatic carbocycles. The fraction of sp³-hybridized carbons (Fsp3) is 0.176. The molecule has 0 aliphatic heterocycles. The van der Waals surface area contributed by atoms with Crippen molar-refractivity contribution in [3.05, 3.63) is 58.6 Å². The second-order valence-electron chi connectivity index (χ2n) is 5.52. The van der Waals surface area contributed by atoms with Gasteiger partial charge < -0.3 is 5.32 Å². The smallest absolute Gasteiger partial charge is 0.270 e. The summed E-state index contributed by atoms with van der Waals surface area (Å²) in [7, 11) is 0. The van der Waals surface area contributed by atoms with E-state index in [2.05, 4.69) is 20.4 Å². The Morgan fingerprint density at radius 3 is 2.96 bits per heavy atom. The molecule has 4 aromatic rings. The molecule has 4 rings (SSSR count). The zero-order valence-corrected chi connectivity index (χ0v) is 14.1. The molecule has 3 heterocycles. The van der Waals surface area contributed by atoms with Crippen LogP contribution in [0.4, 0.5) is 0 Å². The molecule has 1 N–H and O–H groups in total. The summed E-state index contributed by atoms with van der Waals surface area (Å²) >= 11 is 1.54. The quantitative estimate of drug-likeness (QED) is 0.624. The van der Waals surface area contributed by atoms with Gasteiger partial charge in [-0.15, -0.1) is 0 Å². The van der Waals surface area contributed by atoms with E-state index in [0.29, 0.717) is 12.2 Å². The molecule has 7 heteroatoms. The lowest BCUT2D eigenvalue weighted by Gasteiger charge is -2.07. The third-order valence-corrected chi connectivity index (χ3v) is 4.73. The Morgan fingerprint density at radius 1 is 1.25 bits per heavy atom. The van der Waals surface area contributed by atoms with Crippen LogP contribution in [-0.2, 0) is 6.54 Å². The normalized spacial score (nSPS) is 11.2. The van der Waals surface area contributed by atoms with Crippen molar-refractivity contribution >= 4 is 33.0 Å². The van der Waals surface area contributed by atoms with Gasteiger partial charge >= 0.3 is 0 Å². The summed E-state index contributed by atoms with van der Waals surface area (Å²) in [6, 6.07) is 9.62. The predicted octanol–water partition coefficient (Wildman–Crippen LogP) is 2.89. The number of pyridine rings is 1. The van der Waals surface area contributed by atoms with Crippen LogP contribution in [0.1, 0.15) is 26.9 Å². The maximum Gasteiger partial charge on any atom is 0.270 e. The summed E-state index contributed by atoms with van der Waals surface area (Å²) in [6.45, 7) is 4.23. The van der Waals surface area contributed by atoms with Crippen molar-refractivity contribution in [3.63, 3.8) is 0 Å². The lowest BCUT2D eigenvalue weighted by atomic mass is 10.1. The number of nitrogens with zero attached hydrogens (tertiary/aromatic N) is 4. The largest absolute Gasteiger partial charge is 0.345 e. The maximum absolute atomic E-state index is 12.6. The number of hydrogen-bond donors (Lipinski definition) is 1. The number of amides is 1. The van der Waals surface area contributed by atoms with E-state index in [4.69, 9.17) is 0 Å². The number of carbonyl (C=O) groups is 1. The van der Waals surface area contributed by atoms with Crippen LogP contribution in [-0.4, -0.2) is 25.5 Å². The zero-order valence-electron chi connectivity index (χ0n) is 13.3. The first-order chi connectivity index (χ1) is 11.6. The molecule has 120 valence electrons. The van der Waals surface area contributed by atoms with Crippen molar-refractivity contribution in [2.45, 2.75) is 20.4 Å². The van der Waals surface area contributed by atoms with E-state index in [1.54, 1.807) is 10.7 Å². The second kappa shape index (κ2) is 5.68. The van der Waals surface area contributed by atoms with Gasteiger partial charge in [-0.25, -0.2) is 9.50 Å². The molecule has 1 aromatic carbocycles. The third kappa shape index (κ3) is 2.43. The highest BCUT2D eigenvalue weighted by Gasteiger charge is 2.15. The topological polar surface area (TPSA) is 72.2 Å². The van der Waals surface area contributed by atoms with Gasteiger partial charge in [-0.05, 0) is 25.3 Å². The molecular weight excluding hydrogens is 322 g/mol. The van der Waals surface area contributed by atoms with Crippen molar-refractivity contribution in [2.24, 2.45) is 0 Å². The number of rotatable bonds is 3. The monoisotopic (exact) mass is 337 g/mol. The summed E-state index contributed by atoms with van der Waals surface area (Å²) in [4.78, 5) is 22.2. The molecule has 0 bridgehead atoms. The molecule has 3 aromatic heterocycles. The Labute approximate surface area is 142 Å². The molecule has 0 unspecified atom stereocenters. The molecule has 0 fully saturated rings. The van der Waals surface area contributed by atoms with E-state index in [0.717, 1.165) is 32.1 Å². The summed E-state index contributed by atoms with van der Waals surface area (Å²) in [5.74, 6) is -0.201. The Morgan fingerprint density at radius 2 is 2.08 bits per heavy atom. The van der Waals surface area contributed by atoms with Gasteiger partial charge in [0.05, 0.1) is 17.9 Å². The van der Waals surface area contributed by atoms with Gasteiger partial charge in [-0.2, -0.15) is 5.10 Å². The van der Waals surface area contributed by atoms with Crippen molar-refractivity contribution in [2.75, 3.05) is 0 Å². The summed E-state index contributed by atoms with van der Waals surface area (Å²) in [5.41, 5.74) is 2.20. The van der Waals surface area contributed by atoms with E-state index in [1.807, 2.05) is 44.2 Å². The Bertz CT molecular complexity index is 1060. The first-order valence-electron chi connectivity index (χ1n) is 7.57. The van der Waals surface area contributed by atoms with Crippen LogP contribution in [0.15, 0.2) is 36.5 Å². The van der Waals surface area contributed by atoms with Gasteiger partial charge in [0.2, 0.25) is 4.96 Å². The number of nitrogens with one attached hydrogen (secondary N) is 1. The third-order valence-electron chi connectivity index (χ3n) is 3.90. The molecule has 0 radical (unpaired) electrons. The zero-order chi connectivity index (χ0) is 16.7. The molecule has 1 amide bonds. The number of carbonyl (C=O) groups excluding carboxylic acids is 1. The average Bonchev–Trinajstić information content (AvgIpc) is 3.07. The minimum atomic E-state index is -0.201. The maximum atomic E-state index is 12.6. The van der Waals surface area contributed by atoms with Crippen LogP contribution < -0.4 is 5.32 Å². The second-order valence-corrected chi connectivity index (χ2v) is 6.68. The SMILES string of the molecule is Cc1nn2c(CNC(=O)c3nccc4ccccc34)c(C)nc2s1. The predicted molar refractivity (Wildman–Crippen MR) is 93.3 cm³/mol. The molecule has 0 saturated carbocycles. The fourth-order valence-electron chi connectivity index (χ4n) is 2.74. The van der Waals surface area contributed by atoms with Gasteiger partial charge in [0.1, 0.15) is 10.7 Å². The van der Waals surface area contributed by atoms with Gasteiger partial charge in [0, 0.05) is 11.6 Å². The molecule has 24 heavy (non-hydrogen) atoms. The summed E-state index contributed by atoms with van der Waals surface area (Å²) < 4.78 is 1.80. The minimum absolute atomic E-state index is 0.201. The minimum Gasteiger partial charge on any atom is -0.345 e. The fourth-order valence-corrected chi connectivity index (χ4v) is 3.54. The molecule has 0 saturated heterocycles. The van der Waals surface area contributed by atoms with E-state index < -0.39 is 0 Å². The van der Waals surface area contributed by atoms with Crippen molar-refractivity contribution in [3.8, 4) is 0 Å². The summed E-state index contributed by atoms with van der Waals surface area (Å²) in [6.07, 6.45) is 1.66. The van der Waals surface area contributed by atoms with Crippen LogP contribution >= 0.6 is 11.3 Å². The number of aryl methyl sites for hydroxylation is 2. The van der Waals surface area contributed by atoms with E-state index in [1.165, 1.54) is 11.3 Å². The van der Waals surface area contributed by atoms with E-state index in [9.17, 15) is 4.79 Å². The number of fused-ring (bicyclic) bond motifs is 2. The van der Waals surface area contributed by atoms with Crippen molar-refractivity contribution in [1.82, 2.24) is 24.9 Å². The standard InChI is InChI=1S/C17H15N5OS/c1-10-14(22-17(20-10)24-11(2)21-22)9-19-16(23)15-13-6-4-3-5-12(13)7-8-18-15/h3-8H,9H2,1-2H3,(H,19,23). The molecular formula is C17H15N5OS. The Kier molecular flexibility index (Phi) is 3.50. The van der Waals surface area contributed by atoms with E-state index >= 15 is 0 Å².